The molecular weight excluding hydrogens is 506 g/mol. The van der Waals surface area contributed by atoms with Crippen molar-refractivity contribution in [2.24, 2.45) is 11.5 Å². The van der Waals surface area contributed by atoms with E-state index in [0.29, 0.717) is 11.3 Å². The van der Waals surface area contributed by atoms with Crippen molar-refractivity contribution < 1.29 is 39.3 Å². The molecule has 5 atom stereocenters. The van der Waals surface area contributed by atoms with E-state index in [-0.39, 0.29) is 31.4 Å². The standard InChI is InChI=1S/C23H35N5O8S/c1-12(29)19(23(35)36)28-22(34)16(7-8-18(25)31)27-21(33)17(9-10-37-2)26-20(32)15(24)11-13-3-5-14(30)6-4-13/h3-6,12,15-17,19,29-30H,7-11,24H2,1-2H3,(H2,25,31)(H,26,32)(H,27,33)(H,28,34)(H,35,36). The third kappa shape index (κ3) is 11.5. The first-order valence-electron chi connectivity index (χ1n) is 11.5. The predicted octanol–water partition coefficient (Wildman–Crippen LogP) is -1.80. The van der Waals surface area contributed by atoms with Crippen molar-refractivity contribution in [3.05, 3.63) is 29.8 Å². The van der Waals surface area contributed by atoms with Gasteiger partial charge in [0.05, 0.1) is 12.1 Å². The molecule has 0 aliphatic heterocycles. The Morgan fingerprint density at radius 3 is 2.00 bits per heavy atom. The Morgan fingerprint density at radius 2 is 1.49 bits per heavy atom. The van der Waals surface area contributed by atoms with Gasteiger partial charge in [-0.25, -0.2) is 4.79 Å². The fraction of sp³-hybridized carbons (Fsp3) is 0.522. The first kappa shape index (κ1) is 31.7. The minimum atomic E-state index is -1.65. The number of rotatable bonds is 16. The zero-order chi connectivity index (χ0) is 28.1. The number of carbonyl (C=O) groups excluding carboxylic acids is 4. The molecule has 0 radical (unpaired) electrons. The summed E-state index contributed by atoms with van der Waals surface area (Å²) in [5.74, 6) is -4.00. The average Bonchev–Trinajstić information content (AvgIpc) is 2.82. The Labute approximate surface area is 218 Å². The summed E-state index contributed by atoms with van der Waals surface area (Å²) in [4.78, 5) is 61.1. The maximum Gasteiger partial charge on any atom is 0.328 e. The van der Waals surface area contributed by atoms with E-state index in [1.807, 2.05) is 0 Å². The molecule has 10 N–H and O–H groups in total. The lowest BCUT2D eigenvalue weighted by Crippen LogP contribution is -2.58. The molecule has 206 valence electrons. The van der Waals surface area contributed by atoms with Crippen LogP contribution in [-0.4, -0.2) is 87.2 Å². The van der Waals surface area contributed by atoms with E-state index < -0.39 is 59.9 Å². The number of carboxylic acid groups (broad SMARTS) is 1. The van der Waals surface area contributed by atoms with Gasteiger partial charge in [0, 0.05) is 6.42 Å². The Bertz CT molecular complexity index is 944. The van der Waals surface area contributed by atoms with E-state index >= 15 is 0 Å². The molecule has 13 nitrogen and oxygen atoms in total. The van der Waals surface area contributed by atoms with E-state index in [9.17, 15) is 39.3 Å². The summed E-state index contributed by atoms with van der Waals surface area (Å²) in [5, 5.41) is 35.4. The molecule has 0 aliphatic carbocycles. The van der Waals surface area contributed by atoms with Crippen LogP contribution in [0.3, 0.4) is 0 Å². The van der Waals surface area contributed by atoms with Crippen LogP contribution < -0.4 is 27.4 Å². The van der Waals surface area contributed by atoms with Crippen molar-refractivity contribution in [1.82, 2.24) is 16.0 Å². The zero-order valence-electron chi connectivity index (χ0n) is 20.7. The Kier molecular flexibility index (Phi) is 13.4. The summed E-state index contributed by atoms with van der Waals surface area (Å²) in [5.41, 5.74) is 11.9. The molecule has 37 heavy (non-hydrogen) atoms. The largest absolute Gasteiger partial charge is 0.508 e. The highest BCUT2D eigenvalue weighted by Gasteiger charge is 2.32. The number of primary amides is 1. The van der Waals surface area contributed by atoms with Crippen LogP contribution in [0, 0.1) is 0 Å². The monoisotopic (exact) mass is 541 g/mol. The van der Waals surface area contributed by atoms with Gasteiger partial charge in [-0.3, -0.25) is 19.2 Å². The predicted molar refractivity (Wildman–Crippen MR) is 136 cm³/mol. The van der Waals surface area contributed by atoms with Crippen LogP contribution >= 0.6 is 11.8 Å². The third-order valence-electron chi connectivity index (χ3n) is 5.33. The molecule has 14 heteroatoms. The van der Waals surface area contributed by atoms with Crippen molar-refractivity contribution in [2.45, 2.75) is 62.9 Å². The average molecular weight is 542 g/mol. The molecule has 0 aliphatic rings. The third-order valence-corrected chi connectivity index (χ3v) is 5.97. The lowest BCUT2D eigenvalue weighted by atomic mass is 10.0. The highest BCUT2D eigenvalue weighted by atomic mass is 32.2. The van der Waals surface area contributed by atoms with Gasteiger partial charge in [-0.2, -0.15) is 11.8 Å². The molecule has 4 amide bonds. The molecule has 0 spiro atoms. The summed E-state index contributed by atoms with van der Waals surface area (Å²) in [6, 6.07) is 1.04. The molecule has 0 heterocycles. The number of carbonyl (C=O) groups is 5. The minimum Gasteiger partial charge on any atom is -0.508 e. The zero-order valence-corrected chi connectivity index (χ0v) is 21.5. The minimum absolute atomic E-state index is 0.0635. The van der Waals surface area contributed by atoms with Gasteiger partial charge in [0.1, 0.15) is 17.8 Å². The lowest BCUT2D eigenvalue weighted by molar-refractivity contribution is -0.145. The van der Waals surface area contributed by atoms with Crippen LogP contribution in [0.25, 0.3) is 0 Å². The van der Waals surface area contributed by atoms with E-state index in [4.69, 9.17) is 11.5 Å². The fourth-order valence-corrected chi connectivity index (χ4v) is 3.70. The summed E-state index contributed by atoms with van der Waals surface area (Å²) in [7, 11) is 0. The van der Waals surface area contributed by atoms with Crippen LogP contribution in [0.1, 0.15) is 31.7 Å². The van der Waals surface area contributed by atoms with Crippen molar-refractivity contribution >= 4 is 41.4 Å². The van der Waals surface area contributed by atoms with Crippen molar-refractivity contribution in [3.63, 3.8) is 0 Å². The number of aliphatic carboxylic acids is 1. The smallest absolute Gasteiger partial charge is 0.328 e. The molecule has 0 bridgehead atoms. The number of nitrogens with one attached hydrogen (secondary N) is 3. The second-order valence-corrected chi connectivity index (χ2v) is 9.44. The van der Waals surface area contributed by atoms with E-state index in [2.05, 4.69) is 16.0 Å². The number of hydrogen-bond donors (Lipinski definition) is 8. The van der Waals surface area contributed by atoms with Crippen LogP contribution in [0.5, 0.6) is 5.75 Å². The highest BCUT2D eigenvalue weighted by Crippen LogP contribution is 2.11. The number of aromatic hydroxyl groups is 1. The van der Waals surface area contributed by atoms with Crippen molar-refractivity contribution in [2.75, 3.05) is 12.0 Å². The molecule has 5 unspecified atom stereocenters. The number of amides is 4. The van der Waals surface area contributed by atoms with E-state index in [1.165, 1.54) is 30.8 Å². The van der Waals surface area contributed by atoms with Gasteiger partial charge in [0.15, 0.2) is 6.04 Å². The van der Waals surface area contributed by atoms with Gasteiger partial charge in [0.2, 0.25) is 23.6 Å². The van der Waals surface area contributed by atoms with Gasteiger partial charge in [-0.1, -0.05) is 12.1 Å². The number of benzene rings is 1. The molecule has 0 fully saturated rings. The van der Waals surface area contributed by atoms with Gasteiger partial charge < -0.3 is 42.7 Å². The molecule has 0 aromatic heterocycles. The molecule has 1 aromatic carbocycles. The van der Waals surface area contributed by atoms with E-state index in [1.54, 1.807) is 18.4 Å². The van der Waals surface area contributed by atoms with Crippen molar-refractivity contribution in [3.8, 4) is 5.75 Å². The summed E-state index contributed by atoms with van der Waals surface area (Å²) in [6.07, 6.45) is 0.186. The SMILES string of the molecule is CSCCC(NC(=O)C(N)Cc1ccc(O)cc1)C(=O)NC(CCC(N)=O)C(=O)NC(C(=O)O)C(C)O. The molecular formula is C23H35N5O8S. The van der Waals surface area contributed by atoms with Gasteiger partial charge in [0.25, 0.3) is 0 Å². The van der Waals surface area contributed by atoms with Crippen LogP contribution in [-0.2, 0) is 30.4 Å². The first-order chi connectivity index (χ1) is 17.3. The van der Waals surface area contributed by atoms with Gasteiger partial charge in [-0.15, -0.1) is 0 Å². The second kappa shape index (κ2) is 15.7. The summed E-state index contributed by atoms with van der Waals surface area (Å²) < 4.78 is 0. The fourth-order valence-electron chi connectivity index (χ4n) is 3.23. The molecule has 0 saturated heterocycles. The van der Waals surface area contributed by atoms with E-state index in [0.717, 1.165) is 0 Å². The number of phenolic OH excluding ortho intramolecular Hbond substituents is 1. The quantitative estimate of drug-likeness (QED) is 0.117. The van der Waals surface area contributed by atoms with Crippen molar-refractivity contribution in [1.29, 1.82) is 0 Å². The number of aliphatic hydroxyl groups is 1. The molecule has 1 aromatic rings. The Hall–Kier alpha value is -3.36. The number of phenols is 1. The Balaban J connectivity index is 2.97. The second-order valence-electron chi connectivity index (χ2n) is 8.45. The van der Waals surface area contributed by atoms with Crippen LogP contribution in [0.2, 0.25) is 0 Å². The lowest BCUT2D eigenvalue weighted by Gasteiger charge is -2.25. The number of thioether (sulfide) groups is 1. The number of hydrogen-bond acceptors (Lipinski definition) is 9. The number of nitrogens with two attached hydrogens (primary N) is 2. The molecule has 1 rings (SSSR count). The van der Waals surface area contributed by atoms with Crippen LogP contribution in [0.4, 0.5) is 0 Å². The summed E-state index contributed by atoms with van der Waals surface area (Å²) in [6.45, 7) is 1.17. The Morgan fingerprint density at radius 1 is 0.946 bits per heavy atom. The molecule has 0 saturated carbocycles. The maximum atomic E-state index is 13.1. The summed E-state index contributed by atoms with van der Waals surface area (Å²) >= 11 is 1.42. The highest BCUT2D eigenvalue weighted by molar-refractivity contribution is 7.98. The number of aliphatic hydroxyl groups excluding tert-OH is 1. The first-order valence-corrected chi connectivity index (χ1v) is 12.9. The topological polar surface area (TPSA) is 234 Å². The maximum absolute atomic E-state index is 13.1. The van der Waals surface area contributed by atoms with Gasteiger partial charge >= 0.3 is 5.97 Å². The normalized spacial score (nSPS) is 14.9. The number of carboxylic acids is 1. The van der Waals surface area contributed by atoms with Gasteiger partial charge in [-0.05, 0) is 55.9 Å². The van der Waals surface area contributed by atoms with Crippen LogP contribution in [0.15, 0.2) is 24.3 Å².